The summed E-state index contributed by atoms with van der Waals surface area (Å²) in [6.07, 6.45) is 6.16. The third-order valence-electron chi connectivity index (χ3n) is 2.84. The van der Waals surface area contributed by atoms with Gasteiger partial charge in [-0.05, 0) is 38.0 Å². The number of rotatable bonds is 6. The Morgan fingerprint density at radius 3 is 2.63 bits per heavy atom. The molecule has 2 aromatic heterocycles. The summed E-state index contributed by atoms with van der Waals surface area (Å²) in [7, 11) is 0. The normalized spacial score (nSPS) is 12.4. The lowest BCUT2D eigenvalue weighted by Gasteiger charge is -2.19. The van der Waals surface area contributed by atoms with Gasteiger partial charge in [0.25, 0.3) is 0 Å². The fourth-order valence-electron chi connectivity index (χ4n) is 1.90. The van der Waals surface area contributed by atoms with Crippen LogP contribution in [0.3, 0.4) is 0 Å². The van der Waals surface area contributed by atoms with Crippen LogP contribution >= 0.6 is 0 Å². The zero-order valence-corrected chi connectivity index (χ0v) is 11.4. The zero-order valence-electron chi connectivity index (χ0n) is 11.4. The molecule has 0 aromatic carbocycles. The topological polar surface area (TPSA) is 68.2 Å². The number of nitrogens with two attached hydrogens (primary N) is 1. The second-order valence-corrected chi connectivity index (χ2v) is 4.67. The number of aromatic nitrogens is 2. The van der Waals surface area contributed by atoms with Crippen LogP contribution in [0.15, 0.2) is 35.2 Å². The number of hydrogen-bond donors (Lipinski definition) is 1. The maximum absolute atomic E-state index is 5.76. The van der Waals surface area contributed by atoms with Gasteiger partial charge in [0.2, 0.25) is 5.95 Å². The molecule has 2 rings (SSSR count). The first kappa shape index (κ1) is 13.5. The first-order chi connectivity index (χ1) is 9.19. The molecule has 102 valence electrons. The van der Waals surface area contributed by atoms with E-state index in [2.05, 4.69) is 21.8 Å². The van der Waals surface area contributed by atoms with Crippen molar-refractivity contribution in [3.8, 4) is 0 Å². The van der Waals surface area contributed by atoms with Crippen LogP contribution in [-0.4, -0.2) is 22.6 Å². The molecule has 0 radical (unpaired) electrons. The van der Waals surface area contributed by atoms with Crippen LogP contribution in [0.5, 0.6) is 0 Å². The third kappa shape index (κ3) is 3.79. The SMILES string of the molecule is CCN(Cc1ccco1)c1ncc(CC(C)N)cn1. The Bertz CT molecular complexity index is 479. The van der Waals surface area contributed by atoms with Crippen molar-refractivity contribution < 1.29 is 4.42 Å². The third-order valence-corrected chi connectivity index (χ3v) is 2.84. The molecule has 5 heteroatoms. The molecule has 0 spiro atoms. The van der Waals surface area contributed by atoms with Crippen molar-refractivity contribution in [2.24, 2.45) is 5.73 Å². The van der Waals surface area contributed by atoms with E-state index < -0.39 is 0 Å². The van der Waals surface area contributed by atoms with Gasteiger partial charge in [0.05, 0.1) is 12.8 Å². The quantitative estimate of drug-likeness (QED) is 0.860. The zero-order chi connectivity index (χ0) is 13.7. The van der Waals surface area contributed by atoms with Crippen molar-refractivity contribution >= 4 is 5.95 Å². The highest BCUT2D eigenvalue weighted by atomic mass is 16.3. The average molecular weight is 260 g/mol. The van der Waals surface area contributed by atoms with Gasteiger partial charge >= 0.3 is 0 Å². The van der Waals surface area contributed by atoms with E-state index >= 15 is 0 Å². The summed E-state index contributed by atoms with van der Waals surface area (Å²) in [6.45, 7) is 5.55. The molecule has 19 heavy (non-hydrogen) atoms. The van der Waals surface area contributed by atoms with Crippen LogP contribution in [0.25, 0.3) is 0 Å². The Balaban J connectivity index is 2.06. The number of nitrogens with zero attached hydrogens (tertiary/aromatic N) is 3. The highest BCUT2D eigenvalue weighted by Gasteiger charge is 2.10. The van der Waals surface area contributed by atoms with Crippen LogP contribution in [0.2, 0.25) is 0 Å². The standard InChI is InChI=1S/C14H20N4O/c1-3-18(10-13-5-4-6-19-13)14-16-8-12(9-17-14)7-11(2)15/h4-6,8-9,11H,3,7,10,15H2,1-2H3. The van der Waals surface area contributed by atoms with Crippen molar-refractivity contribution in [3.05, 3.63) is 42.1 Å². The lowest BCUT2D eigenvalue weighted by molar-refractivity contribution is 0.502. The van der Waals surface area contributed by atoms with Crippen LogP contribution in [0.4, 0.5) is 5.95 Å². The largest absolute Gasteiger partial charge is 0.467 e. The molecule has 1 unspecified atom stereocenters. The molecule has 2 N–H and O–H groups in total. The van der Waals surface area contributed by atoms with E-state index in [1.165, 1.54) is 0 Å². The molecule has 5 nitrogen and oxygen atoms in total. The Labute approximate surface area is 113 Å². The molecular formula is C14H20N4O. The van der Waals surface area contributed by atoms with Crippen molar-refractivity contribution in [2.45, 2.75) is 32.9 Å². The summed E-state index contributed by atoms with van der Waals surface area (Å²) in [5.74, 6) is 1.62. The predicted octanol–water partition coefficient (Wildman–Crippen LogP) is 1.99. The minimum atomic E-state index is 0.125. The molecule has 0 fully saturated rings. The van der Waals surface area contributed by atoms with E-state index in [-0.39, 0.29) is 6.04 Å². The summed E-state index contributed by atoms with van der Waals surface area (Å²) in [4.78, 5) is 10.9. The summed E-state index contributed by atoms with van der Waals surface area (Å²) in [6, 6.07) is 3.96. The summed E-state index contributed by atoms with van der Waals surface area (Å²) in [5, 5.41) is 0. The van der Waals surface area contributed by atoms with E-state index in [4.69, 9.17) is 10.2 Å². The van der Waals surface area contributed by atoms with Crippen LogP contribution in [0.1, 0.15) is 25.2 Å². The molecule has 0 saturated carbocycles. The van der Waals surface area contributed by atoms with Gasteiger partial charge < -0.3 is 15.1 Å². The molecule has 0 bridgehead atoms. The second kappa shape index (κ2) is 6.33. The summed E-state index contributed by atoms with van der Waals surface area (Å²) >= 11 is 0. The van der Waals surface area contributed by atoms with Gasteiger partial charge in [-0.2, -0.15) is 0 Å². The molecule has 2 aromatic rings. The second-order valence-electron chi connectivity index (χ2n) is 4.67. The number of hydrogen-bond acceptors (Lipinski definition) is 5. The maximum atomic E-state index is 5.76. The highest BCUT2D eigenvalue weighted by molar-refractivity contribution is 5.30. The molecule has 0 aliphatic rings. The lowest BCUT2D eigenvalue weighted by atomic mass is 10.1. The monoisotopic (exact) mass is 260 g/mol. The Morgan fingerprint density at radius 2 is 2.11 bits per heavy atom. The molecule has 0 aliphatic heterocycles. The van der Waals surface area contributed by atoms with Gasteiger partial charge in [-0.15, -0.1) is 0 Å². The summed E-state index contributed by atoms with van der Waals surface area (Å²) < 4.78 is 5.35. The number of anilines is 1. The van der Waals surface area contributed by atoms with Gasteiger partial charge in [0.15, 0.2) is 0 Å². The Kier molecular flexibility index (Phi) is 4.52. The van der Waals surface area contributed by atoms with E-state index in [0.29, 0.717) is 12.5 Å². The lowest BCUT2D eigenvalue weighted by Crippen LogP contribution is -2.24. The van der Waals surface area contributed by atoms with Crippen molar-refractivity contribution in [3.63, 3.8) is 0 Å². The van der Waals surface area contributed by atoms with Crippen molar-refractivity contribution in [2.75, 3.05) is 11.4 Å². The average Bonchev–Trinajstić information content (AvgIpc) is 2.89. The van der Waals surface area contributed by atoms with Crippen LogP contribution < -0.4 is 10.6 Å². The Hall–Kier alpha value is -1.88. The van der Waals surface area contributed by atoms with Gasteiger partial charge in [-0.1, -0.05) is 0 Å². The van der Waals surface area contributed by atoms with Crippen LogP contribution in [0, 0.1) is 0 Å². The van der Waals surface area contributed by atoms with Crippen LogP contribution in [-0.2, 0) is 13.0 Å². The highest BCUT2D eigenvalue weighted by Crippen LogP contribution is 2.12. The van der Waals surface area contributed by atoms with Gasteiger partial charge in [-0.3, -0.25) is 0 Å². The van der Waals surface area contributed by atoms with Gasteiger partial charge in [0, 0.05) is 25.0 Å². The molecule has 0 amide bonds. The van der Waals surface area contributed by atoms with E-state index in [0.717, 1.165) is 24.3 Å². The van der Waals surface area contributed by atoms with Crippen molar-refractivity contribution in [1.82, 2.24) is 9.97 Å². The predicted molar refractivity (Wildman–Crippen MR) is 74.8 cm³/mol. The minimum Gasteiger partial charge on any atom is -0.467 e. The van der Waals surface area contributed by atoms with Gasteiger partial charge in [-0.25, -0.2) is 9.97 Å². The molecule has 0 aliphatic carbocycles. The first-order valence-electron chi connectivity index (χ1n) is 6.53. The smallest absolute Gasteiger partial charge is 0.225 e. The Morgan fingerprint density at radius 1 is 1.37 bits per heavy atom. The van der Waals surface area contributed by atoms with E-state index in [9.17, 15) is 0 Å². The fraction of sp³-hybridized carbons (Fsp3) is 0.429. The van der Waals surface area contributed by atoms with Gasteiger partial charge in [0.1, 0.15) is 5.76 Å². The molecule has 1 atom stereocenters. The van der Waals surface area contributed by atoms with Crippen molar-refractivity contribution in [1.29, 1.82) is 0 Å². The van der Waals surface area contributed by atoms with E-state index in [1.54, 1.807) is 6.26 Å². The van der Waals surface area contributed by atoms with E-state index in [1.807, 2.05) is 31.5 Å². The molecule has 2 heterocycles. The summed E-state index contributed by atoms with van der Waals surface area (Å²) in [5.41, 5.74) is 6.82. The molecular weight excluding hydrogens is 240 g/mol. The molecule has 0 saturated heterocycles. The number of furan rings is 1. The first-order valence-corrected chi connectivity index (χ1v) is 6.53. The maximum Gasteiger partial charge on any atom is 0.225 e. The minimum absolute atomic E-state index is 0.125. The fourth-order valence-corrected chi connectivity index (χ4v) is 1.90.